The zero-order valence-corrected chi connectivity index (χ0v) is 8.55. The van der Waals surface area contributed by atoms with Crippen molar-refractivity contribution in [3.05, 3.63) is 35.4 Å². The summed E-state index contributed by atoms with van der Waals surface area (Å²) in [6.07, 6.45) is -0.0358. The van der Waals surface area contributed by atoms with Crippen molar-refractivity contribution in [2.45, 2.75) is 20.3 Å². The Morgan fingerprint density at radius 2 is 2.00 bits per heavy atom. The molecular formula is C11H12F2O2. The predicted molar refractivity (Wildman–Crippen MR) is 51.5 cm³/mol. The Kier molecular flexibility index (Phi) is 3.07. The zero-order chi connectivity index (χ0) is 11.6. The molecule has 1 aromatic carbocycles. The van der Waals surface area contributed by atoms with E-state index in [1.165, 1.54) is 26.0 Å². The van der Waals surface area contributed by atoms with Gasteiger partial charge in [0.05, 0.1) is 5.41 Å². The van der Waals surface area contributed by atoms with Crippen LogP contribution in [0, 0.1) is 17.0 Å². The van der Waals surface area contributed by atoms with E-state index in [0.29, 0.717) is 0 Å². The van der Waals surface area contributed by atoms with Gasteiger partial charge in [-0.25, -0.2) is 8.78 Å². The molecule has 0 spiro atoms. The van der Waals surface area contributed by atoms with Crippen LogP contribution in [0.5, 0.6) is 0 Å². The number of hydrogen-bond donors (Lipinski definition) is 1. The Balaban J connectivity index is 3.00. The Hall–Kier alpha value is -1.45. The SMILES string of the molecule is CC(C)(Cc1cccc(F)c1F)C(=O)O. The minimum Gasteiger partial charge on any atom is -0.481 e. The van der Waals surface area contributed by atoms with Crippen LogP contribution in [0.1, 0.15) is 19.4 Å². The lowest BCUT2D eigenvalue weighted by molar-refractivity contribution is -0.146. The molecular weight excluding hydrogens is 202 g/mol. The lowest BCUT2D eigenvalue weighted by Crippen LogP contribution is -2.26. The molecule has 1 rings (SSSR count). The number of carboxylic acids is 1. The summed E-state index contributed by atoms with van der Waals surface area (Å²) >= 11 is 0. The Bertz CT molecular complexity index is 386. The highest BCUT2D eigenvalue weighted by molar-refractivity contribution is 5.74. The maximum absolute atomic E-state index is 13.2. The molecule has 0 saturated carbocycles. The third kappa shape index (κ3) is 2.52. The molecule has 0 unspecified atom stereocenters. The fraction of sp³-hybridized carbons (Fsp3) is 0.364. The highest BCUT2D eigenvalue weighted by atomic mass is 19.2. The van der Waals surface area contributed by atoms with Crippen LogP contribution in [0.4, 0.5) is 8.78 Å². The first-order chi connectivity index (χ1) is 6.84. The summed E-state index contributed by atoms with van der Waals surface area (Å²) in [4.78, 5) is 10.8. The second-order valence-corrected chi connectivity index (χ2v) is 4.08. The predicted octanol–water partition coefficient (Wildman–Crippen LogP) is 2.62. The Labute approximate surface area is 86.5 Å². The van der Waals surface area contributed by atoms with E-state index in [2.05, 4.69) is 0 Å². The summed E-state index contributed by atoms with van der Waals surface area (Å²) in [5.74, 6) is -2.95. The molecule has 0 fully saturated rings. The van der Waals surface area contributed by atoms with E-state index >= 15 is 0 Å². The average Bonchev–Trinajstić information content (AvgIpc) is 2.12. The van der Waals surface area contributed by atoms with Gasteiger partial charge in [-0.2, -0.15) is 0 Å². The number of aliphatic carboxylic acids is 1. The van der Waals surface area contributed by atoms with Crippen LogP contribution in [-0.2, 0) is 11.2 Å². The first-order valence-corrected chi connectivity index (χ1v) is 4.51. The van der Waals surface area contributed by atoms with Gasteiger partial charge in [-0.15, -0.1) is 0 Å². The number of rotatable bonds is 3. The van der Waals surface area contributed by atoms with Crippen LogP contribution in [0.15, 0.2) is 18.2 Å². The highest BCUT2D eigenvalue weighted by Crippen LogP contribution is 2.24. The van der Waals surface area contributed by atoms with E-state index in [1.54, 1.807) is 0 Å². The summed E-state index contributed by atoms with van der Waals surface area (Å²) in [5, 5.41) is 8.85. The van der Waals surface area contributed by atoms with E-state index in [-0.39, 0.29) is 12.0 Å². The smallest absolute Gasteiger partial charge is 0.309 e. The molecule has 0 saturated heterocycles. The molecule has 1 N–H and O–H groups in total. The van der Waals surface area contributed by atoms with Gasteiger partial charge in [0.25, 0.3) is 0 Å². The molecule has 0 aliphatic rings. The number of hydrogen-bond acceptors (Lipinski definition) is 1. The van der Waals surface area contributed by atoms with Crippen LogP contribution in [-0.4, -0.2) is 11.1 Å². The van der Waals surface area contributed by atoms with E-state index in [9.17, 15) is 13.6 Å². The van der Waals surface area contributed by atoms with E-state index < -0.39 is 23.0 Å². The van der Waals surface area contributed by atoms with E-state index in [0.717, 1.165) is 6.07 Å². The number of carbonyl (C=O) groups is 1. The fourth-order valence-corrected chi connectivity index (χ4v) is 1.24. The normalized spacial score (nSPS) is 11.5. The minimum atomic E-state index is -1.10. The molecule has 0 amide bonds. The molecule has 0 heterocycles. The van der Waals surface area contributed by atoms with Gasteiger partial charge in [-0.1, -0.05) is 12.1 Å². The van der Waals surface area contributed by atoms with Crippen LogP contribution >= 0.6 is 0 Å². The summed E-state index contributed by atoms with van der Waals surface area (Å²) < 4.78 is 26.1. The number of benzene rings is 1. The van der Waals surface area contributed by atoms with Gasteiger partial charge in [0.1, 0.15) is 0 Å². The van der Waals surface area contributed by atoms with Crippen LogP contribution in [0.3, 0.4) is 0 Å². The van der Waals surface area contributed by atoms with E-state index in [4.69, 9.17) is 5.11 Å². The molecule has 0 radical (unpaired) electrons. The Morgan fingerprint density at radius 3 is 2.53 bits per heavy atom. The molecule has 2 nitrogen and oxygen atoms in total. The standard InChI is InChI=1S/C11H12F2O2/c1-11(2,10(14)15)6-7-4-3-5-8(12)9(7)13/h3-5H,6H2,1-2H3,(H,14,15). The maximum Gasteiger partial charge on any atom is 0.309 e. The maximum atomic E-state index is 13.2. The highest BCUT2D eigenvalue weighted by Gasteiger charge is 2.28. The summed E-state index contributed by atoms with van der Waals surface area (Å²) in [6, 6.07) is 3.77. The largest absolute Gasteiger partial charge is 0.481 e. The fourth-order valence-electron chi connectivity index (χ4n) is 1.24. The topological polar surface area (TPSA) is 37.3 Å². The molecule has 0 aliphatic heterocycles. The zero-order valence-electron chi connectivity index (χ0n) is 8.55. The third-order valence-corrected chi connectivity index (χ3v) is 2.24. The monoisotopic (exact) mass is 214 g/mol. The van der Waals surface area contributed by atoms with Crippen molar-refractivity contribution in [2.75, 3.05) is 0 Å². The molecule has 4 heteroatoms. The summed E-state index contributed by atoms with van der Waals surface area (Å²) in [5.41, 5.74) is -1.02. The summed E-state index contributed by atoms with van der Waals surface area (Å²) in [6.45, 7) is 2.94. The van der Waals surface area contributed by atoms with E-state index in [1.807, 2.05) is 0 Å². The Morgan fingerprint density at radius 1 is 1.40 bits per heavy atom. The van der Waals surface area contributed by atoms with Crippen LogP contribution < -0.4 is 0 Å². The molecule has 0 aromatic heterocycles. The van der Waals surface area contributed by atoms with Crippen molar-refractivity contribution < 1.29 is 18.7 Å². The second kappa shape index (κ2) is 3.96. The number of halogens is 2. The van der Waals surface area contributed by atoms with Crippen molar-refractivity contribution >= 4 is 5.97 Å². The van der Waals surface area contributed by atoms with Gasteiger partial charge in [-0.05, 0) is 31.9 Å². The molecule has 1 aromatic rings. The quantitative estimate of drug-likeness (QED) is 0.839. The lowest BCUT2D eigenvalue weighted by Gasteiger charge is -2.19. The minimum absolute atomic E-state index is 0.0358. The van der Waals surface area contributed by atoms with Crippen LogP contribution in [0.2, 0.25) is 0 Å². The lowest BCUT2D eigenvalue weighted by atomic mass is 9.86. The van der Waals surface area contributed by atoms with Crippen molar-refractivity contribution in [2.24, 2.45) is 5.41 Å². The van der Waals surface area contributed by atoms with Crippen molar-refractivity contribution in [3.8, 4) is 0 Å². The van der Waals surface area contributed by atoms with Crippen molar-refractivity contribution in [3.63, 3.8) is 0 Å². The van der Waals surface area contributed by atoms with Crippen molar-refractivity contribution in [1.82, 2.24) is 0 Å². The van der Waals surface area contributed by atoms with Gasteiger partial charge in [0.2, 0.25) is 0 Å². The summed E-state index contributed by atoms with van der Waals surface area (Å²) in [7, 11) is 0. The average molecular weight is 214 g/mol. The molecule has 0 aliphatic carbocycles. The third-order valence-electron chi connectivity index (χ3n) is 2.24. The molecule has 15 heavy (non-hydrogen) atoms. The van der Waals surface area contributed by atoms with Gasteiger partial charge >= 0.3 is 5.97 Å². The van der Waals surface area contributed by atoms with Gasteiger partial charge in [0, 0.05) is 0 Å². The molecule has 0 atom stereocenters. The van der Waals surface area contributed by atoms with Gasteiger partial charge in [-0.3, -0.25) is 4.79 Å². The second-order valence-electron chi connectivity index (χ2n) is 4.08. The molecule has 82 valence electrons. The first-order valence-electron chi connectivity index (χ1n) is 4.51. The van der Waals surface area contributed by atoms with Gasteiger partial charge < -0.3 is 5.11 Å². The van der Waals surface area contributed by atoms with Gasteiger partial charge in [0.15, 0.2) is 11.6 Å². The molecule has 0 bridgehead atoms. The first kappa shape index (κ1) is 11.6. The van der Waals surface area contributed by atoms with Crippen LogP contribution in [0.25, 0.3) is 0 Å². The van der Waals surface area contributed by atoms with Crippen molar-refractivity contribution in [1.29, 1.82) is 0 Å². The number of carboxylic acid groups (broad SMARTS) is 1.